The molecular weight excluding hydrogens is 353 g/mol. The molecule has 2 rings (SSSR count). The van der Waals surface area contributed by atoms with Crippen LogP contribution in [0, 0.1) is 5.92 Å². The second-order valence-corrected chi connectivity index (χ2v) is 6.81. The maximum atomic E-state index is 12.6. The lowest BCUT2D eigenvalue weighted by Gasteiger charge is -2.37. The average molecular weight is 376 g/mol. The van der Waals surface area contributed by atoms with Gasteiger partial charge in [0.1, 0.15) is 0 Å². The summed E-state index contributed by atoms with van der Waals surface area (Å²) in [5.74, 6) is 0.0240. The molecule has 24 heavy (non-hydrogen) atoms. The summed E-state index contributed by atoms with van der Waals surface area (Å²) < 4.78 is 10.7. The molecule has 0 aromatic heterocycles. The van der Waals surface area contributed by atoms with Crippen LogP contribution < -0.4 is 0 Å². The van der Waals surface area contributed by atoms with E-state index in [9.17, 15) is 9.90 Å². The summed E-state index contributed by atoms with van der Waals surface area (Å²) in [6.45, 7) is 2.10. The van der Waals surface area contributed by atoms with Crippen molar-refractivity contribution in [3.8, 4) is 0 Å². The van der Waals surface area contributed by atoms with Crippen LogP contribution in [0.15, 0.2) is 18.2 Å². The van der Waals surface area contributed by atoms with Gasteiger partial charge in [0.15, 0.2) is 0 Å². The minimum absolute atomic E-state index is 0.00752. The van der Waals surface area contributed by atoms with Crippen LogP contribution in [0.25, 0.3) is 0 Å². The molecule has 1 aliphatic heterocycles. The van der Waals surface area contributed by atoms with Crippen molar-refractivity contribution < 1.29 is 19.4 Å². The number of aliphatic hydroxyl groups is 1. The molecule has 2 atom stereocenters. The second-order valence-electron chi connectivity index (χ2n) is 5.99. The molecular formula is C17H23Cl2NO4. The molecule has 1 N–H and O–H groups in total. The average Bonchev–Trinajstić information content (AvgIpc) is 2.58. The predicted octanol–water partition coefficient (Wildman–Crippen LogP) is 2.41. The number of amides is 1. The van der Waals surface area contributed by atoms with E-state index in [4.69, 9.17) is 32.7 Å². The van der Waals surface area contributed by atoms with E-state index in [0.29, 0.717) is 36.3 Å². The van der Waals surface area contributed by atoms with Gasteiger partial charge in [-0.3, -0.25) is 4.79 Å². The quantitative estimate of drug-likeness (QED) is 0.743. The van der Waals surface area contributed by atoms with Crippen molar-refractivity contribution in [2.45, 2.75) is 18.9 Å². The van der Waals surface area contributed by atoms with Crippen molar-refractivity contribution in [1.82, 2.24) is 4.90 Å². The zero-order valence-electron chi connectivity index (χ0n) is 13.7. The van der Waals surface area contributed by atoms with Gasteiger partial charge in [-0.05, 0) is 24.1 Å². The van der Waals surface area contributed by atoms with Crippen molar-refractivity contribution in [3.63, 3.8) is 0 Å². The van der Waals surface area contributed by atoms with Crippen molar-refractivity contribution in [2.24, 2.45) is 5.92 Å². The molecule has 1 heterocycles. The fraction of sp³-hybridized carbons (Fsp3) is 0.588. The normalized spacial score (nSPS) is 21.1. The van der Waals surface area contributed by atoms with Crippen LogP contribution in [0.4, 0.5) is 0 Å². The first-order valence-electron chi connectivity index (χ1n) is 7.96. The number of aliphatic hydroxyl groups excluding tert-OH is 1. The van der Waals surface area contributed by atoms with Gasteiger partial charge in [-0.1, -0.05) is 29.3 Å². The summed E-state index contributed by atoms with van der Waals surface area (Å²) >= 11 is 11.9. The number of nitrogens with zero attached hydrogens (tertiary/aromatic N) is 1. The molecule has 1 amide bonds. The molecule has 0 bridgehead atoms. The van der Waals surface area contributed by atoms with Gasteiger partial charge in [-0.2, -0.15) is 0 Å². The Kier molecular flexibility index (Phi) is 7.78. The predicted molar refractivity (Wildman–Crippen MR) is 93.6 cm³/mol. The highest BCUT2D eigenvalue weighted by atomic mass is 35.5. The highest BCUT2D eigenvalue weighted by Gasteiger charge is 2.30. The van der Waals surface area contributed by atoms with Crippen molar-refractivity contribution in [3.05, 3.63) is 33.8 Å². The van der Waals surface area contributed by atoms with Crippen LogP contribution in [0.1, 0.15) is 12.0 Å². The third kappa shape index (κ3) is 5.60. The molecule has 1 fully saturated rings. The largest absolute Gasteiger partial charge is 0.396 e. The lowest BCUT2D eigenvalue weighted by Crippen LogP contribution is -2.48. The number of benzene rings is 1. The molecule has 1 aromatic rings. The van der Waals surface area contributed by atoms with Gasteiger partial charge in [0.2, 0.25) is 5.91 Å². The summed E-state index contributed by atoms with van der Waals surface area (Å²) in [6.07, 6.45) is 0.917. The Hall–Kier alpha value is -0.850. The standard InChI is InChI=1S/C17H23Cl2NO4/c1-23-4-5-24-14-6-13(11-21)9-20(10-14)17(22)8-12-2-3-15(18)16(19)7-12/h2-3,7,13-14,21H,4-6,8-11H2,1H3/t13-,14-/m0/s1. The van der Waals surface area contributed by atoms with E-state index in [-0.39, 0.29) is 31.0 Å². The summed E-state index contributed by atoms with van der Waals surface area (Å²) in [5, 5.41) is 10.4. The zero-order chi connectivity index (χ0) is 17.5. The van der Waals surface area contributed by atoms with E-state index in [2.05, 4.69) is 0 Å². The first-order valence-corrected chi connectivity index (χ1v) is 8.72. The Morgan fingerprint density at radius 2 is 2.08 bits per heavy atom. The van der Waals surface area contributed by atoms with Crippen LogP contribution in [0.2, 0.25) is 10.0 Å². The van der Waals surface area contributed by atoms with Crippen molar-refractivity contribution in [1.29, 1.82) is 0 Å². The summed E-state index contributed by atoms with van der Waals surface area (Å²) in [4.78, 5) is 14.3. The fourth-order valence-electron chi connectivity index (χ4n) is 2.84. The fourth-order valence-corrected chi connectivity index (χ4v) is 3.16. The van der Waals surface area contributed by atoms with Crippen LogP contribution in [0.3, 0.4) is 0 Å². The Balaban J connectivity index is 1.96. The lowest BCUT2D eigenvalue weighted by molar-refractivity contribution is -0.137. The van der Waals surface area contributed by atoms with Gasteiger partial charge in [0.25, 0.3) is 0 Å². The molecule has 5 nitrogen and oxygen atoms in total. The maximum absolute atomic E-state index is 12.6. The van der Waals surface area contributed by atoms with Crippen molar-refractivity contribution >= 4 is 29.1 Å². The molecule has 1 aromatic carbocycles. The molecule has 0 spiro atoms. The summed E-state index contributed by atoms with van der Waals surface area (Å²) in [6, 6.07) is 5.20. The van der Waals surface area contributed by atoms with Crippen LogP contribution >= 0.6 is 23.2 Å². The lowest BCUT2D eigenvalue weighted by atomic mass is 9.96. The van der Waals surface area contributed by atoms with Gasteiger partial charge in [0.05, 0.1) is 35.8 Å². The van der Waals surface area contributed by atoms with E-state index in [1.807, 2.05) is 0 Å². The van der Waals surface area contributed by atoms with Gasteiger partial charge in [-0.25, -0.2) is 0 Å². The molecule has 0 saturated carbocycles. The van der Waals surface area contributed by atoms with E-state index < -0.39 is 0 Å². The number of likely N-dealkylation sites (tertiary alicyclic amines) is 1. The number of hydrogen-bond acceptors (Lipinski definition) is 4. The molecule has 0 aliphatic carbocycles. The van der Waals surface area contributed by atoms with Crippen LogP contribution in [-0.4, -0.2) is 62.0 Å². The summed E-state index contributed by atoms with van der Waals surface area (Å²) in [7, 11) is 1.62. The molecule has 1 saturated heterocycles. The number of hydrogen-bond donors (Lipinski definition) is 1. The first kappa shape index (κ1) is 19.5. The van der Waals surface area contributed by atoms with E-state index in [1.54, 1.807) is 30.2 Å². The monoisotopic (exact) mass is 375 g/mol. The van der Waals surface area contributed by atoms with E-state index >= 15 is 0 Å². The van der Waals surface area contributed by atoms with E-state index in [1.165, 1.54) is 0 Å². The number of ether oxygens (including phenoxy) is 2. The topological polar surface area (TPSA) is 59.0 Å². The third-order valence-corrected chi connectivity index (χ3v) is 4.83. The minimum atomic E-state index is -0.0798. The summed E-state index contributed by atoms with van der Waals surface area (Å²) in [5.41, 5.74) is 0.817. The number of carbonyl (C=O) groups excluding carboxylic acids is 1. The minimum Gasteiger partial charge on any atom is -0.396 e. The number of methoxy groups -OCH3 is 1. The Labute approximate surface area is 152 Å². The highest BCUT2D eigenvalue weighted by molar-refractivity contribution is 6.42. The van der Waals surface area contributed by atoms with Crippen molar-refractivity contribution in [2.75, 3.05) is 40.0 Å². The number of rotatable bonds is 7. The first-order chi connectivity index (χ1) is 11.5. The molecule has 134 valence electrons. The third-order valence-electron chi connectivity index (χ3n) is 4.09. The van der Waals surface area contributed by atoms with Gasteiger partial charge in [-0.15, -0.1) is 0 Å². The molecule has 0 unspecified atom stereocenters. The zero-order valence-corrected chi connectivity index (χ0v) is 15.2. The Morgan fingerprint density at radius 1 is 1.29 bits per heavy atom. The number of carbonyl (C=O) groups is 1. The van der Waals surface area contributed by atoms with E-state index in [0.717, 1.165) is 12.0 Å². The molecule has 7 heteroatoms. The smallest absolute Gasteiger partial charge is 0.227 e. The Bertz CT molecular complexity index is 555. The van der Waals surface area contributed by atoms with Crippen LogP contribution in [0.5, 0.6) is 0 Å². The maximum Gasteiger partial charge on any atom is 0.227 e. The second kappa shape index (κ2) is 9.59. The van der Waals surface area contributed by atoms with Gasteiger partial charge in [0, 0.05) is 32.7 Å². The van der Waals surface area contributed by atoms with Gasteiger partial charge < -0.3 is 19.5 Å². The van der Waals surface area contributed by atoms with Crippen LogP contribution in [-0.2, 0) is 20.7 Å². The Morgan fingerprint density at radius 3 is 2.75 bits per heavy atom. The number of halogens is 2. The SMILES string of the molecule is COCCO[C@H]1C[C@H](CO)CN(C(=O)Cc2ccc(Cl)c(Cl)c2)C1. The number of piperidine rings is 1. The molecule has 1 aliphatic rings. The van der Waals surface area contributed by atoms with Gasteiger partial charge >= 0.3 is 0 Å². The highest BCUT2D eigenvalue weighted by Crippen LogP contribution is 2.24. The molecule has 0 radical (unpaired) electrons.